The van der Waals surface area contributed by atoms with Crippen LogP contribution in [0.2, 0.25) is 0 Å². The molecule has 7 heteroatoms. The molecule has 0 amide bonds. The van der Waals surface area contributed by atoms with Gasteiger partial charge in [0.25, 0.3) is 0 Å². The first-order valence-electron chi connectivity index (χ1n) is 15.6. The van der Waals surface area contributed by atoms with Gasteiger partial charge in [0, 0.05) is 34.6 Å². The van der Waals surface area contributed by atoms with Gasteiger partial charge in [-0.2, -0.15) is 0 Å². The molecule has 7 nitrogen and oxygen atoms in total. The molecular formula is C41H25N7. The first-order valence-corrected chi connectivity index (χ1v) is 15.6. The Morgan fingerprint density at radius 2 is 0.646 bits per heavy atom. The molecule has 0 aliphatic carbocycles. The fraction of sp³-hybridized carbons (Fsp3) is 0. The number of hydrogen-bond donors (Lipinski definition) is 0. The summed E-state index contributed by atoms with van der Waals surface area (Å²) >= 11 is 0. The van der Waals surface area contributed by atoms with Crippen LogP contribution < -0.4 is 0 Å². The van der Waals surface area contributed by atoms with Gasteiger partial charge < -0.3 is 0 Å². The molecule has 0 aliphatic rings. The number of fused-ring (bicyclic) bond motifs is 6. The van der Waals surface area contributed by atoms with E-state index in [1.807, 2.05) is 54.6 Å². The van der Waals surface area contributed by atoms with Crippen molar-refractivity contribution in [3.63, 3.8) is 0 Å². The van der Waals surface area contributed by atoms with E-state index in [1.165, 1.54) is 0 Å². The quantitative estimate of drug-likeness (QED) is 0.178. The minimum absolute atomic E-state index is 0.638. The van der Waals surface area contributed by atoms with Crippen molar-refractivity contribution >= 4 is 33.1 Å². The molecule has 0 aliphatic heterocycles. The molecule has 0 bridgehead atoms. The van der Waals surface area contributed by atoms with Gasteiger partial charge in [-0.05, 0) is 23.3 Å². The first-order chi connectivity index (χ1) is 23.8. The molecule has 0 radical (unpaired) electrons. The summed E-state index contributed by atoms with van der Waals surface area (Å²) in [7, 11) is 0. The molecule has 0 N–H and O–H groups in total. The smallest absolute Gasteiger partial charge is 0.120 e. The highest BCUT2D eigenvalue weighted by molar-refractivity contribution is 6.18. The second-order valence-corrected chi connectivity index (χ2v) is 11.5. The Morgan fingerprint density at radius 3 is 1.12 bits per heavy atom. The van der Waals surface area contributed by atoms with Crippen molar-refractivity contribution in [2.75, 3.05) is 0 Å². The zero-order valence-electron chi connectivity index (χ0n) is 25.6. The standard InChI is InChI=1S/C41H25N7/c1-4-10-26(11-5-1)31-22-32(27-12-6-2-7-13-27)46-33(23-31)29-16-18-30(19-17-29)35-25-45-39-38-40(36-37(41(39)48-35)43-21-20-42-36)47-34(24-44-38)28-14-8-3-9-15-28/h1-25H. The van der Waals surface area contributed by atoms with Gasteiger partial charge in [-0.25, -0.2) is 24.9 Å². The number of aromatic nitrogens is 7. The molecular weight excluding hydrogens is 591 g/mol. The zero-order chi connectivity index (χ0) is 31.9. The van der Waals surface area contributed by atoms with Gasteiger partial charge in [-0.1, -0.05) is 115 Å². The highest BCUT2D eigenvalue weighted by atomic mass is 14.9. The van der Waals surface area contributed by atoms with Crippen LogP contribution in [0.5, 0.6) is 0 Å². The van der Waals surface area contributed by atoms with Gasteiger partial charge in [-0.3, -0.25) is 9.97 Å². The molecule has 0 fully saturated rings. The largest absolute Gasteiger partial charge is 0.251 e. The third-order valence-electron chi connectivity index (χ3n) is 8.46. The predicted octanol–water partition coefficient (Wildman–Crippen LogP) is 9.25. The maximum Gasteiger partial charge on any atom is 0.120 e. The molecule has 9 aromatic rings. The Bertz CT molecular complexity index is 2510. The van der Waals surface area contributed by atoms with Crippen molar-refractivity contribution in [3.8, 4) is 56.2 Å². The molecule has 4 heterocycles. The fourth-order valence-corrected chi connectivity index (χ4v) is 6.07. The SMILES string of the molecule is c1ccc(-c2cc(-c3ccccc3)nc(-c3ccc(-c4cnc5c6ncc(-c7ccccc7)nc6c6nccnc6c5n4)cc3)c2)cc1. The van der Waals surface area contributed by atoms with Crippen LogP contribution in [-0.4, -0.2) is 34.9 Å². The number of benzene rings is 5. The van der Waals surface area contributed by atoms with Gasteiger partial charge in [0.2, 0.25) is 0 Å². The molecule has 48 heavy (non-hydrogen) atoms. The summed E-state index contributed by atoms with van der Waals surface area (Å²) in [5.41, 5.74) is 13.4. The number of pyridine rings is 1. The molecule has 0 spiro atoms. The summed E-state index contributed by atoms with van der Waals surface area (Å²) in [5.74, 6) is 0. The van der Waals surface area contributed by atoms with E-state index < -0.39 is 0 Å². The number of rotatable bonds is 5. The summed E-state index contributed by atoms with van der Waals surface area (Å²) in [6.07, 6.45) is 6.90. The van der Waals surface area contributed by atoms with Crippen LogP contribution in [-0.2, 0) is 0 Å². The lowest BCUT2D eigenvalue weighted by atomic mass is 9.99. The lowest BCUT2D eigenvalue weighted by molar-refractivity contribution is 1.24. The maximum absolute atomic E-state index is 5.08. The van der Waals surface area contributed by atoms with Crippen LogP contribution in [0.15, 0.2) is 152 Å². The molecule has 0 saturated heterocycles. The summed E-state index contributed by atoms with van der Waals surface area (Å²) in [4.78, 5) is 34.1. The van der Waals surface area contributed by atoms with Crippen LogP contribution in [0, 0.1) is 0 Å². The average molecular weight is 616 g/mol. The number of hydrogen-bond acceptors (Lipinski definition) is 7. The lowest BCUT2D eigenvalue weighted by Gasteiger charge is -2.11. The Labute approximate surface area is 275 Å². The molecule has 5 aromatic carbocycles. The van der Waals surface area contributed by atoms with Gasteiger partial charge in [0.05, 0.1) is 35.2 Å². The van der Waals surface area contributed by atoms with Crippen molar-refractivity contribution in [1.82, 2.24) is 34.9 Å². The average Bonchev–Trinajstić information content (AvgIpc) is 3.18. The highest BCUT2D eigenvalue weighted by Crippen LogP contribution is 2.33. The second-order valence-electron chi connectivity index (χ2n) is 11.5. The maximum atomic E-state index is 5.08. The van der Waals surface area contributed by atoms with E-state index in [-0.39, 0.29) is 0 Å². The molecule has 224 valence electrons. The Hall–Kier alpha value is -6.73. The first kappa shape index (κ1) is 27.6. The Kier molecular flexibility index (Phi) is 6.64. The van der Waals surface area contributed by atoms with Crippen molar-refractivity contribution in [3.05, 3.63) is 152 Å². The van der Waals surface area contributed by atoms with Crippen molar-refractivity contribution in [2.24, 2.45) is 0 Å². The van der Waals surface area contributed by atoms with E-state index in [1.54, 1.807) is 24.8 Å². The van der Waals surface area contributed by atoms with Crippen LogP contribution in [0.1, 0.15) is 0 Å². The van der Waals surface area contributed by atoms with Crippen LogP contribution in [0.25, 0.3) is 89.3 Å². The van der Waals surface area contributed by atoms with Crippen molar-refractivity contribution in [1.29, 1.82) is 0 Å². The normalized spacial score (nSPS) is 11.3. The van der Waals surface area contributed by atoms with Crippen LogP contribution >= 0.6 is 0 Å². The molecule has 0 unspecified atom stereocenters. The molecule has 0 saturated carbocycles. The zero-order valence-corrected chi connectivity index (χ0v) is 25.6. The minimum Gasteiger partial charge on any atom is -0.251 e. The van der Waals surface area contributed by atoms with E-state index in [9.17, 15) is 0 Å². The third kappa shape index (κ3) is 4.91. The van der Waals surface area contributed by atoms with Crippen molar-refractivity contribution < 1.29 is 0 Å². The monoisotopic (exact) mass is 615 g/mol. The summed E-state index contributed by atoms with van der Waals surface area (Å²) in [6.45, 7) is 0. The Balaban J connectivity index is 1.13. The lowest BCUT2D eigenvalue weighted by Crippen LogP contribution is -1.98. The Morgan fingerprint density at radius 1 is 0.271 bits per heavy atom. The van der Waals surface area contributed by atoms with E-state index in [0.29, 0.717) is 33.1 Å². The van der Waals surface area contributed by atoms with Gasteiger partial charge in [-0.15, -0.1) is 0 Å². The second kappa shape index (κ2) is 11.6. The number of nitrogens with zero attached hydrogens (tertiary/aromatic N) is 7. The topological polar surface area (TPSA) is 90.2 Å². The van der Waals surface area contributed by atoms with E-state index in [0.717, 1.165) is 56.2 Å². The van der Waals surface area contributed by atoms with Crippen molar-refractivity contribution in [2.45, 2.75) is 0 Å². The molecule has 4 aromatic heterocycles. The minimum atomic E-state index is 0.638. The predicted molar refractivity (Wildman–Crippen MR) is 191 cm³/mol. The summed E-state index contributed by atoms with van der Waals surface area (Å²) in [5, 5.41) is 0. The van der Waals surface area contributed by atoms with E-state index >= 15 is 0 Å². The van der Waals surface area contributed by atoms with Crippen LogP contribution in [0.3, 0.4) is 0 Å². The van der Waals surface area contributed by atoms with Gasteiger partial charge >= 0.3 is 0 Å². The third-order valence-corrected chi connectivity index (χ3v) is 8.46. The van der Waals surface area contributed by atoms with E-state index in [2.05, 4.69) is 82.8 Å². The van der Waals surface area contributed by atoms with Gasteiger partial charge in [0.1, 0.15) is 33.1 Å². The highest BCUT2D eigenvalue weighted by Gasteiger charge is 2.17. The summed E-state index contributed by atoms with van der Waals surface area (Å²) in [6, 6.07) is 43.2. The fourth-order valence-electron chi connectivity index (χ4n) is 6.07. The summed E-state index contributed by atoms with van der Waals surface area (Å²) < 4.78 is 0. The molecule has 0 atom stereocenters. The molecule has 9 rings (SSSR count). The van der Waals surface area contributed by atoms with E-state index in [4.69, 9.17) is 24.9 Å². The van der Waals surface area contributed by atoms with Crippen LogP contribution in [0.4, 0.5) is 0 Å². The van der Waals surface area contributed by atoms with Gasteiger partial charge in [0.15, 0.2) is 0 Å².